The molecule has 15 heavy (non-hydrogen) atoms. The van der Waals surface area contributed by atoms with Gasteiger partial charge in [0.2, 0.25) is 0 Å². The third-order valence-corrected chi connectivity index (χ3v) is 3.29. The summed E-state index contributed by atoms with van der Waals surface area (Å²) in [5.74, 6) is -0.529. The van der Waals surface area contributed by atoms with E-state index < -0.39 is 5.97 Å². The molecular formula is C9H8N2O3S. The fourth-order valence-corrected chi connectivity index (χ4v) is 2.52. The number of hydrogen-bond donors (Lipinski definition) is 2. The first kappa shape index (κ1) is 9.85. The molecule has 0 saturated heterocycles. The number of hydrogen-bond acceptors (Lipinski definition) is 4. The average molecular weight is 224 g/mol. The highest BCUT2D eigenvalue weighted by Gasteiger charge is 2.17. The molecular weight excluding hydrogens is 216 g/mol. The molecule has 0 radical (unpaired) electrons. The van der Waals surface area contributed by atoms with Gasteiger partial charge < -0.3 is 10.1 Å². The highest BCUT2D eigenvalue weighted by atomic mass is 32.1. The van der Waals surface area contributed by atoms with Gasteiger partial charge in [0.05, 0.1) is 5.39 Å². The monoisotopic (exact) mass is 224 g/mol. The molecule has 2 N–H and O–H groups in total. The zero-order chi connectivity index (χ0) is 11.2. The van der Waals surface area contributed by atoms with Gasteiger partial charge in [-0.25, -0.2) is 9.78 Å². The summed E-state index contributed by atoms with van der Waals surface area (Å²) in [7, 11) is 0. The molecule has 2 heterocycles. The molecule has 0 aliphatic heterocycles. The van der Waals surface area contributed by atoms with Crippen molar-refractivity contribution in [3.63, 3.8) is 0 Å². The number of nitrogens with one attached hydrogen (secondary N) is 1. The molecule has 2 rings (SSSR count). The lowest BCUT2D eigenvalue weighted by atomic mass is 10.2. The topological polar surface area (TPSA) is 83.0 Å². The first-order valence-electron chi connectivity index (χ1n) is 4.24. The minimum absolute atomic E-state index is 0.175. The third-order valence-electron chi connectivity index (χ3n) is 2.11. The van der Waals surface area contributed by atoms with Gasteiger partial charge in [0.15, 0.2) is 0 Å². The lowest BCUT2D eigenvalue weighted by molar-refractivity contribution is 0.0701. The van der Waals surface area contributed by atoms with Gasteiger partial charge in [-0.05, 0) is 19.4 Å². The van der Waals surface area contributed by atoms with E-state index in [1.165, 1.54) is 0 Å². The molecule has 0 aliphatic carbocycles. The van der Waals surface area contributed by atoms with Crippen molar-refractivity contribution < 1.29 is 9.90 Å². The van der Waals surface area contributed by atoms with E-state index in [2.05, 4.69) is 9.97 Å². The summed E-state index contributed by atoms with van der Waals surface area (Å²) in [6.45, 7) is 3.28. The maximum absolute atomic E-state index is 11.6. The van der Waals surface area contributed by atoms with Gasteiger partial charge in [0.1, 0.15) is 15.5 Å². The van der Waals surface area contributed by atoms with Gasteiger partial charge in [-0.2, -0.15) is 0 Å². The van der Waals surface area contributed by atoms with E-state index in [1.807, 2.05) is 0 Å². The van der Waals surface area contributed by atoms with Gasteiger partial charge in [-0.15, -0.1) is 11.3 Å². The first-order chi connectivity index (χ1) is 7.00. The number of aromatic carboxylic acids is 1. The second-order valence-corrected chi connectivity index (χ2v) is 4.19. The van der Waals surface area contributed by atoms with Crippen LogP contribution >= 0.6 is 11.3 Å². The Morgan fingerprint density at radius 1 is 1.47 bits per heavy atom. The minimum Gasteiger partial charge on any atom is -0.477 e. The van der Waals surface area contributed by atoms with Crippen molar-refractivity contribution in [3.05, 3.63) is 26.6 Å². The second kappa shape index (κ2) is 3.16. The molecule has 2 aromatic rings. The Kier molecular flexibility index (Phi) is 2.08. The summed E-state index contributed by atoms with van der Waals surface area (Å²) in [6, 6.07) is 0. The number of rotatable bonds is 1. The number of H-pyrrole nitrogens is 1. The Bertz CT molecular complexity index is 612. The van der Waals surface area contributed by atoms with Crippen LogP contribution in [0.2, 0.25) is 0 Å². The second-order valence-electron chi connectivity index (χ2n) is 3.19. The molecule has 5 nitrogen and oxygen atoms in total. The Morgan fingerprint density at radius 2 is 2.13 bits per heavy atom. The lowest BCUT2D eigenvalue weighted by Gasteiger charge is -1.92. The van der Waals surface area contributed by atoms with Crippen molar-refractivity contribution in [2.45, 2.75) is 13.8 Å². The summed E-state index contributed by atoms with van der Waals surface area (Å²) in [6.07, 6.45) is 0. The highest BCUT2D eigenvalue weighted by Crippen LogP contribution is 2.26. The summed E-state index contributed by atoms with van der Waals surface area (Å²) in [5.41, 5.74) is 0.204. The highest BCUT2D eigenvalue weighted by molar-refractivity contribution is 7.20. The number of aryl methyl sites for hydroxylation is 2. The predicted octanol–water partition coefficient (Wildman–Crippen LogP) is 1.30. The number of thiophene rings is 1. The first-order valence-corrected chi connectivity index (χ1v) is 5.05. The van der Waals surface area contributed by atoms with E-state index in [4.69, 9.17) is 5.11 Å². The minimum atomic E-state index is -1.02. The van der Waals surface area contributed by atoms with E-state index in [9.17, 15) is 9.59 Å². The molecule has 78 valence electrons. The van der Waals surface area contributed by atoms with Crippen LogP contribution in [0.25, 0.3) is 10.2 Å². The van der Waals surface area contributed by atoms with Crippen LogP contribution in [0.4, 0.5) is 0 Å². The van der Waals surface area contributed by atoms with E-state index in [-0.39, 0.29) is 10.4 Å². The quantitative estimate of drug-likeness (QED) is 0.764. The summed E-state index contributed by atoms with van der Waals surface area (Å²) in [4.78, 5) is 29.7. The van der Waals surface area contributed by atoms with Crippen molar-refractivity contribution >= 4 is 27.5 Å². The maximum atomic E-state index is 11.6. The fourth-order valence-electron chi connectivity index (χ4n) is 1.46. The van der Waals surface area contributed by atoms with Gasteiger partial charge in [0, 0.05) is 0 Å². The molecule has 0 bridgehead atoms. The maximum Gasteiger partial charge on any atom is 0.346 e. The number of fused-ring (bicyclic) bond motifs is 1. The van der Waals surface area contributed by atoms with E-state index in [1.54, 1.807) is 13.8 Å². The molecule has 0 aliphatic rings. The normalized spacial score (nSPS) is 10.8. The number of carbonyl (C=O) groups is 1. The van der Waals surface area contributed by atoms with Crippen LogP contribution in [-0.2, 0) is 0 Å². The molecule has 2 aromatic heterocycles. The van der Waals surface area contributed by atoms with Gasteiger partial charge in [-0.3, -0.25) is 4.79 Å². The van der Waals surface area contributed by atoms with E-state index in [0.717, 1.165) is 11.3 Å². The van der Waals surface area contributed by atoms with E-state index >= 15 is 0 Å². The summed E-state index contributed by atoms with van der Waals surface area (Å²) in [5, 5.41) is 9.28. The molecule has 0 unspecified atom stereocenters. The van der Waals surface area contributed by atoms with Crippen LogP contribution in [0, 0.1) is 13.8 Å². The van der Waals surface area contributed by atoms with E-state index in [0.29, 0.717) is 21.6 Å². The molecule has 0 spiro atoms. The Hall–Kier alpha value is -1.69. The van der Waals surface area contributed by atoms with Crippen molar-refractivity contribution in [1.82, 2.24) is 9.97 Å². The predicted molar refractivity (Wildman–Crippen MR) is 56.7 cm³/mol. The number of aromatic amines is 1. The smallest absolute Gasteiger partial charge is 0.346 e. The number of carboxylic acid groups (broad SMARTS) is 1. The Balaban J connectivity index is 2.94. The molecule has 0 saturated carbocycles. The van der Waals surface area contributed by atoms with Crippen molar-refractivity contribution in [1.29, 1.82) is 0 Å². The lowest BCUT2D eigenvalue weighted by Crippen LogP contribution is -2.09. The largest absolute Gasteiger partial charge is 0.477 e. The Morgan fingerprint density at radius 3 is 2.73 bits per heavy atom. The summed E-state index contributed by atoms with van der Waals surface area (Å²) < 4.78 is 0. The SMILES string of the molecule is Cc1nc2sc(C(=O)O)c(C)c2c(=O)[nH]1. The number of nitrogens with zero attached hydrogens (tertiary/aromatic N) is 1. The van der Waals surface area contributed by atoms with Crippen molar-refractivity contribution in [2.75, 3.05) is 0 Å². The van der Waals surface area contributed by atoms with Crippen LogP contribution in [0.3, 0.4) is 0 Å². The van der Waals surface area contributed by atoms with Gasteiger partial charge in [0.25, 0.3) is 5.56 Å². The Labute approximate surface area is 88.4 Å². The zero-order valence-electron chi connectivity index (χ0n) is 8.12. The van der Waals surface area contributed by atoms with Gasteiger partial charge >= 0.3 is 5.97 Å². The number of carboxylic acids is 1. The van der Waals surface area contributed by atoms with Crippen LogP contribution < -0.4 is 5.56 Å². The van der Waals surface area contributed by atoms with Crippen molar-refractivity contribution in [2.24, 2.45) is 0 Å². The zero-order valence-corrected chi connectivity index (χ0v) is 8.94. The molecule has 0 amide bonds. The number of aromatic nitrogens is 2. The van der Waals surface area contributed by atoms with Crippen LogP contribution in [-0.4, -0.2) is 21.0 Å². The molecule has 0 fully saturated rings. The fraction of sp³-hybridized carbons (Fsp3) is 0.222. The molecule has 6 heteroatoms. The van der Waals surface area contributed by atoms with Crippen LogP contribution in [0.15, 0.2) is 4.79 Å². The average Bonchev–Trinajstić information content (AvgIpc) is 2.42. The van der Waals surface area contributed by atoms with Crippen molar-refractivity contribution in [3.8, 4) is 0 Å². The third kappa shape index (κ3) is 1.42. The molecule has 0 aromatic carbocycles. The van der Waals surface area contributed by atoms with Crippen LogP contribution in [0.5, 0.6) is 0 Å². The van der Waals surface area contributed by atoms with Crippen LogP contribution in [0.1, 0.15) is 21.1 Å². The van der Waals surface area contributed by atoms with Gasteiger partial charge in [-0.1, -0.05) is 0 Å². The molecule has 0 atom stereocenters. The summed E-state index contributed by atoms with van der Waals surface area (Å²) >= 11 is 1.03. The standard InChI is InChI=1S/C9H8N2O3S/c1-3-5-7(12)10-4(2)11-8(5)15-6(3)9(13)14/h1-2H3,(H,13,14)(H,10,11,12).